The minimum absolute atomic E-state index is 0.0203. The number of nitrogens with one attached hydrogen (secondary N) is 1. The van der Waals surface area contributed by atoms with Gasteiger partial charge in [0.1, 0.15) is 47.4 Å². The van der Waals surface area contributed by atoms with Crippen molar-refractivity contribution in [2.75, 3.05) is 43.6 Å². The highest BCUT2D eigenvalue weighted by atomic mass is 16.6. The molecule has 192 valence electrons. The van der Waals surface area contributed by atoms with E-state index in [0.29, 0.717) is 56.0 Å². The lowest BCUT2D eigenvalue weighted by molar-refractivity contribution is -0.143. The molecule has 1 N–H and O–H groups in total. The number of ether oxygens (including phenoxy) is 3. The largest absolute Gasteiger partial charge is 0.486 e. The van der Waals surface area contributed by atoms with E-state index in [1.165, 1.54) is 17.2 Å². The third-order valence-corrected chi connectivity index (χ3v) is 6.56. The first-order chi connectivity index (χ1) is 18.0. The zero-order valence-electron chi connectivity index (χ0n) is 20.3. The molecule has 5 rings (SSSR count). The monoisotopic (exact) mass is 506 g/mol. The summed E-state index contributed by atoms with van der Waals surface area (Å²) in [6, 6.07) is 4.94. The minimum Gasteiger partial charge on any atom is -0.486 e. The Hall–Kier alpha value is -4.08. The maximum absolute atomic E-state index is 13.2. The van der Waals surface area contributed by atoms with Crippen LogP contribution in [0.5, 0.6) is 5.75 Å². The number of hydrogen-bond donors (Lipinski definition) is 1. The number of carbonyl (C=O) groups is 3. The number of aromatic nitrogens is 2. The standard InChI is InChI=1S/C25H26N6O6/c1-35-20-8-21(20)37-19-9-22(27-11-17(19)10-26)29-25(34)31-4-2-3-15-7-16(18(13-32)28-24(15)31)12-30-5-6-36-14-23(30)33/h7,9,11,13,20-21H,2-6,8,12,14H2,1H3,(H,27,29,34). The van der Waals surface area contributed by atoms with Gasteiger partial charge in [0.05, 0.1) is 18.9 Å². The van der Waals surface area contributed by atoms with Crippen LogP contribution in [0.2, 0.25) is 0 Å². The molecule has 3 aliphatic rings. The predicted molar refractivity (Wildman–Crippen MR) is 129 cm³/mol. The van der Waals surface area contributed by atoms with E-state index in [-0.39, 0.29) is 48.3 Å². The summed E-state index contributed by atoms with van der Waals surface area (Å²) >= 11 is 0. The first-order valence-corrected chi connectivity index (χ1v) is 12.0. The summed E-state index contributed by atoms with van der Waals surface area (Å²) in [7, 11) is 1.60. The molecule has 2 unspecified atom stereocenters. The van der Waals surface area contributed by atoms with Crippen molar-refractivity contribution in [3.05, 3.63) is 40.7 Å². The van der Waals surface area contributed by atoms with E-state index >= 15 is 0 Å². The van der Waals surface area contributed by atoms with Gasteiger partial charge in [-0.3, -0.25) is 19.8 Å². The number of hydrogen-bond acceptors (Lipinski definition) is 9. The smallest absolute Gasteiger partial charge is 0.328 e. The Bertz CT molecular complexity index is 1280. The van der Waals surface area contributed by atoms with Crippen LogP contribution in [0, 0.1) is 11.3 Å². The maximum atomic E-state index is 13.2. The maximum Gasteiger partial charge on any atom is 0.328 e. The number of morpholine rings is 1. The van der Waals surface area contributed by atoms with Gasteiger partial charge in [-0.25, -0.2) is 14.8 Å². The average Bonchev–Trinajstić information content (AvgIpc) is 3.67. The summed E-state index contributed by atoms with van der Waals surface area (Å²) in [5.74, 6) is 0.798. The van der Waals surface area contributed by atoms with Gasteiger partial charge in [-0.1, -0.05) is 0 Å². The SMILES string of the molecule is COC1CC1Oc1cc(NC(=O)N2CCCc3cc(CN4CCOCC4=O)c(C=O)nc32)ncc1C#N. The number of anilines is 2. The van der Waals surface area contributed by atoms with Crippen molar-refractivity contribution in [3.8, 4) is 11.8 Å². The van der Waals surface area contributed by atoms with Gasteiger partial charge < -0.3 is 19.1 Å². The molecule has 1 saturated heterocycles. The van der Waals surface area contributed by atoms with Crippen LogP contribution in [-0.4, -0.2) is 78.7 Å². The molecule has 2 fully saturated rings. The Morgan fingerprint density at radius 1 is 1.35 bits per heavy atom. The highest BCUT2D eigenvalue weighted by Gasteiger charge is 2.40. The van der Waals surface area contributed by atoms with Gasteiger partial charge in [-0.15, -0.1) is 0 Å². The van der Waals surface area contributed by atoms with E-state index in [1.807, 2.05) is 12.1 Å². The molecule has 1 saturated carbocycles. The van der Waals surface area contributed by atoms with Gasteiger partial charge in [0, 0.05) is 44.8 Å². The van der Waals surface area contributed by atoms with Crippen LogP contribution in [0.4, 0.5) is 16.4 Å². The lowest BCUT2D eigenvalue weighted by Gasteiger charge is -2.30. The molecule has 12 heteroatoms. The minimum atomic E-state index is -0.467. The van der Waals surface area contributed by atoms with Crippen molar-refractivity contribution in [3.63, 3.8) is 0 Å². The van der Waals surface area contributed by atoms with E-state index in [9.17, 15) is 19.6 Å². The van der Waals surface area contributed by atoms with Crippen molar-refractivity contribution in [2.24, 2.45) is 0 Å². The summed E-state index contributed by atoms with van der Waals surface area (Å²) in [5.41, 5.74) is 1.89. The Morgan fingerprint density at radius 3 is 2.95 bits per heavy atom. The fourth-order valence-corrected chi connectivity index (χ4v) is 4.46. The number of aldehydes is 1. The molecule has 2 atom stereocenters. The molecule has 0 bridgehead atoms. The third kappa shape index (κ3) is 5.23. The summed E-state index contributed by atoms with van der Waals surface area (Å²) in [6.07, 6.45) is 3.93. The first-order valence-electron chi connectivity index (χ1n) is 12.0. The molecule has 2 aliphatic heterocycles. The molecule has 4 heterocycles. The summed E-state index contributed by atoms with van der Waals surface area (Å²) in [5, 5.41) is 12.1. The number of nitrogens with zero attached hydrogens (tertiary/aromatic N) is 5. The number of rotatable bonds is 7. The van der Waals surface area contributed by atoms with Crippen molar-refractivity contribution in [1.29, 1.82) is 5.26 Å². The number of urea groups is 1. The van der Waals surface area contributed by atoms with Crippen molar-refractivity contribution in [2.45, 2.75) is 38.0 Å². The van der Waals surface area contributed by atoms with Crippen LogP contribution < -0.4 is 15.0 Å². The van der Waals surface area contributed by atoms with Gasteiger partial charge in [0.15, 0.2) is 6.29 Å². The lowest BCUT2D eigenvalue weighted by atomic mass is 10.0. The summed E-state index contributed by atoms with van der Waals surface area (Å²) < 4.78 is 16.3. The molecule has 2 aromatic heterocycles. The Kier molecular flexibility index (Phi) is 6.98. The first kappa shape index (κ1) is 24.6. The Balaban J connectivity index is 1.35. The topological polar surface area (TPSA) is 147 Å². The van der Waals surface area contributed by atoms with Crippen LogP contribution in [0.3, 0.4) is 0 Å². The normalized spacial score (nSPS) is 20.6. The van der Waals surface area contributed by atoms with E-state index in [4.69, 9.17) is 14.2 Å². The number of pyridine rings is 2. The van der Waals surface area contributed by atoms with Crippen LogP contribution in [0.25, 0.3) is 0 Å². The highest BCUT2D eigenvalue weighted by Crippen LogP contribution is 2.33. The predicted octanol–water partition coefficient (Wildman–Crippen LogP) is 1.67. The summed E-state index contributed by atoms with van der Waals surface area (Å²) in [6.45, 7) is 1.57. The van der Waals surface area contributed by atoms with Crippen molar-refractivity contribution < 1.29 is 28.6 Å². The van der Waals surface area contributed by atoms with Gasteiger partial charge in [0.2, 0.25) is 5.91 Å². The molecule has 12 nitrogen and oxygen atoms in total. The van der Waals surface area contributed by atoms with E-state index in [0.717, 1.165) is 12.0 Å². The lowest BCUT2D eigenvalue weighted by Crippen LogP contribution is -2.42. The van der Waals surface area contributed by atoms with Crippen LogP contribution in [0.15, 0.2) is 18.3 Å². The number of aryl methyl sites for hydroxylation is 1. The molecular formula is C25H26N6O6. The fourth-order valence-electron chi connectivity index (χ4n) is 4.46. The second-order valence-corrected chi connectivity index (χ2v) is 9.03. The van der Waals surface area contributed by atoms with E-state index < -0.39 is 6.03 Å². The number of carbonyl (C=O) groups excluding carboxylic acids is 3. The zero-order valence-corrected chi connectivity index (χ0v) is 20.3. The Labute approximate surface area is 213 Å². The quantitative estimate of drug-likeness (QED) is 0.554. The number of amides is 3. The number of fused-ring (bicyclic) bond motifs is 1. The van der Waals surface area contributed by atoms with Gasteiger partial charge >= 0.3 is 6.03 Å². The molecule has 3 amide bonds. The summed E-state index contributed by atoms with van der Waals surface area (Å²) in [4.78, 5) is 49.0. The molecule has 0 aromatic carbocycles. The van der Waals surface area contributed by atoms with Gasteiger partial charge in [-0.05, 0) is 24.5 Å². The molecule has 0 spiro atoms. The zero-order chi connectivity index (χ0) is 25.9. The fraction of sp³-hybridized carbons (Fsp3) is 0.440. The van der Waals surface area contributed by atoms with Gasteiger partial charge in [-0.2, -0.15) is 5.26 Å². The second-order valence-electron chi connectivity index (χ2n) is 9.03. The van der Waals surface area contributed by atoms with Crippen molar-refractivity contribution in [1.82, 2.24) is 14.9 Å². The number of methoxy groups -OCH3 is 1. The second kappa shape index (κ2) is 10.5. The molecule has 1 aliphatic carbocycles. The average molecular weight is 507 g/mol. The van der Waals surface area contributed by atoms with Gasteiger partial charge in [0.25, 0.3) is 0 Å². The molecular weight excluding hydrogens is 480 g/mol. The van der Waals surface area contributed by atoms with Crippen molar-refractivity contribution >= 4 is 29.9 Å². The third-order valence-electron chi connectivity index (χ3n) is 6.56. The molecule has 2 aromatic rings. The van der Waals surface area contributed by atoms with E-state index in [1.54, 1.807) is 12.0 Å². The van der Waals surface area contributed by atoms with Crippen LogP contribution >= 0.6 is 0 Å². The number of nitriles is 1. The molecule has 0 radical (unpaired) electrons. The van der Waals surface area contributed by atoms with Crippen LogP contribution in [-0.2, 0) is 27.2 Å². The van der Waals surface area contributed by atoms with E-state index in [2.05, 4.69) is 15.3 Å². The molecule has 37 heavy (non-hydrogen) atoms. The Morgan fingerprint density at radius 2 is 2.22 bits per heavy atom. The van der Waals surface area contributed by atoms with Crippen LogP contribution in [0.1, 0.15) is 40.0 Å². The highest BCUT2D eigenvalue weighted by molar-refractivity contribution is 6.01.